The predicted molar refractivity (Wildman–Crippen MR) is 126 cm³/mol. The minimum Gasteiger partial charge on any atom is -0.477 e. The molecular formula is C22H37NO19. The topological polar surface area (TPSA) is 349 Å². The minimum atomic E-state index is -2.99. The van der Waals surface area contributed by atoms with Crippen molar-refractivity contribution >= 4 is 11.9 Å². The number of aliphatic hydroxyl groups is 10. The van der Waals surface area contributed by atoms with Gasteiger partial charge in [0.15, 0.2) is 6.29 Å². The first-order chi connectivity index (χ1) is 19.5. The second-order valence-corrected chi connectivity index (χ2v) is 10.3. The number of carboxylic acid groups (broad SMARTS) is 2. The van der Waals surface area contributed by atoms with Crippen LogP contribution in [0.5, 0.6) is 0 Å². The zero-order valence-electron chi connectivity index (χ0n) is 21.8. The molecule has 3 aliphatic rings. The summed E-state index contributed by atoms with van der Waals surface area (Å²) in [5.41, 5.74) is 5.51. The molecule has 3 saturated heterocycles. The van der Waals surface area contributed by atoms with Crippen molar-refractivity contribution < 1.29 is 94.6 Å². The van der Waals surface area contributed by atoms with Gasteiger partial charge in [-0.25, -0.2) is 9.59 Å². The molecule has 3 rings (SSSR count). The van der Waals surface area contributed by atoms with Crippen LogP contribution in [0.15, 0.2) is 0 Å². The van der Waals surface area contributed by atoms with Crippen LogP contribution >= 0.6 is 0 Å². The average Bonchev–Trinajstić information content (AvgIpc) is 2.95. The van der Waals surface area contributed by atoms with Crippen LogP contribution in [0.4, 0.5) is 0 Å². The van der Waals surface area contributed by atoms with Crippen LogP contribution in [-0.2, 0) is 33.3 Å². The normalized spacial score (nSPS) is 46.1. The Morgan fingerprint density at radius 1 is 0.810 bits per heavy atom. The Morgan fingerprint density at radius 3 is 1.86 bits per heavy atom. The molecule has 0 aliphatic carbocycles. The Balaban J connectivity index is 1.96. The maximum absolute atomic E-state index is 12.5. The van der Waals surface area contributed by atoms with Gasteiger partial charge in [0.2, 0.25) is 0 Å². The fourth-order valence-electron chi connectivity index (χ4n) is 4.94. The summed E-state index contributed by atoms with van der Waals surface area (Å²) in [5, 5.41) is 121. The summed E-state index contributed by atoms with van der Waals surface area (Å²) in [6, 6.07) is -1.43. The number of ether oxygens (including phenoxy) is 5. The number of rotatable bonds is 11. The lowest BCUT2D eigenvalue weighted by atomic mass is 9.90. The lowest BCUT2D eigenvalue weighted by Gasteiger charge is -2.50. The van der Waals surface area contributed by atoms with E-state index in [-0.39, 0.29) is 0 Å². The molecule has 20 heteroatoms. The fraction of sp³-hybridized carbons (Fsp3) is 0.909. The summed E-state index contributed by atoms with van der Waals surface area (Å²) in [6.07, 6.45) is -25.0. The number of carbonyl (C=O) groups is 2. The third-order valence-corrected chi connectivity index (χ3v) is 7.42. The number of nitrogens with two attached hydrogens (primary N) is 1. The van der Waals surface area contributed by atoms with Gasteiger partial charge in [-0.15, -0.1) is 0 Å². The molecule has 0 unspecified atom stereocenters. The maximum atomic E-state index is 12.5. The van der Waals surface area contributed by atoms with E-state index in [2.05, 4.69) is 0 Å². The van der Waals surface area contributed by atoms with E-state index in [0.717, 1.165) is 0 Å². The monoisotopic (exact) mass is 619 g/mol. The smallest absolute Gasteiger partial charge is 0.364 e. The summed E-state index contributed by atoms with van der Waals surface area (Å²) in [5.74, 6) is -9.85. The molecule has 0 amide bonds. The highest BCUT2D eigenvalue weighted by Gasteiger charge is 2.61. The van der Waals surface area contributed by atoms with Crippen LogP contribution in [0.2, 0.25) is 0 Å². The molecule has 3 aliphatic heterocycles. The van der Waals surface area contributed by atoms with Crippen molar-refractivity contribution in [2.75, 3.05) is 19.8 Å². The first kappa shape index (κ1) is 34.8. The molecule has 0 aromatic heterocycles. The molecule has 0 aromatic rings. The van der Waals surface area contributed by atoms with Gasteiger partial charge in [-0.1, -0.05) is 0 Å². The molecule has 244 valence electrons. The van der Waals surface area contributed by atoms with E-state index in [9.17, 15) is 70.9 Å². The van der Waals surface area contributed by atoms with Gasteiger partial charge in [0.25, 0.3) is 11.6 Å². The van der Waals surface area contributed by atoms with E-state index in [0.29, 0.717) is 0 Å². The van der Waals surface area contributed by atoms with Gasteiger partial charge >= 0.3 is 11.9 Å². The van der Waals surface area contributed by atoms with Crippen LogP contribution in [0.3, 0.4) is 0 Å². The van der Waals surface area contributed by atoms with E-state index >= 15 is 0 Å². The van der Waals surface area contributed by atoms with Crippen LogP contribution < -0.4 is 5.73 Å². The second-order valence-electron chi connectivity index (χ2n) is 10.3. The molecule has 0 bridgehead atoms. The predicted octanol–water partition coefficient (Wildman–Crippen LogP) is -7.92. The van der Waals surface area contributed by atoms with Crippen LogP contribution in [0.25, 0.3) is 0 Å². The highest BCUT2D eigenvalue weighted by atomic mass is 16.8. The second kappa shape index (κ2) is 13.5. The van der Waals surface area contributed by atoms with E-state index in [1.54, 1.807) is 0 Å². The van der Waals surface area contributed by atoms with Crippen molar-refractivity contribution in [3.63, 3.8) is 0 Å². The zero-order chi connectivity index (χ0) is 31.7. The minimum absolute atomic E-state index is 0.935. The molecular weight excluding hydrogens is 582 g/mol. The van der Waals surface area contributed by atoms with Gasteiger partial charge < -0.3 is 90.7 Å². The van der Waals surface area contributed by atoms with Crippen molar-refractivity contribution in [2.45, 2.75) is 104 Å². The van der Waals surface area contributed by atoms with Crippen molar-refractivity contribution in [2.24, 2.45) is 5.73 Å². The molecule has 20 nitrogen and oxygen atoms in total. The first-order valence-corrected chi connectivity index (χ1v) is 12.8. The molecule has 3 fully saturated rings. The molecule has 42 heavy (non-hydrogen) atoms. The van der Waals surface area contributed by atoms with E-state index < -0.39 is 136 Å². The molecule has 3 heterocycles. The number of aliphatic carboxylic acids is 2. The highest BCUT2D eigenvalue weighted by molar-refractivity contribution is 5.77. The Morgan fingerprint density at radius 2 is 1.33 bits per heavy atom. The van der Waals surface area contributed by atoms with Crippen molar-refractivity contribution in [3.05, 3.63) is 0 Å². The number of hydrogen-bond donors (Lipinski definition) is 13. The maximum Gasteiger partial charge on any atom is 0.364 e. The molecule has 14 N–H and O–H groups in total. The molecule has 0 spiro atoms. The molecule has 0 radical (unpaired) electrons. The Kier molecular flexibility index (Phi) is 11.2. The Hall–Kier alpha value is -1.70. The van der Waals surface area contributed by atoms with Gasteiger partial charge in [-0.3, -0.25) is 0 Å². The quantitative estimate of drug-likeness (QED) is 0.102. The highest BCUT2D eigenvalue weighted by Crippen LogP contribution is 2.40. The third kappa shape index (κ3) is 6.68. The Labute approximate surface area is 236 Å². The number of hydrogen-bond acceptors (Lipinski definition) is 18. The number of carboxylic acids is 2. The summed E-state index contributed by atoms with van der Waals surface area (Å²) in [6.45, 7) is -3.09. The molecule has 0 saturated carbocycles. The lowest BCUT2D eigenvalue weighted by molar-refractivity contribution is -0.377. The van der Waals surface area contributed by atoms with Gasteiger partial charge in [-0.05, 0) is 0 Å². The van der Waals surface area contributed by atoms with Crippen LogP contribution in [-0.4, -0.2) is 184 Å². The Bertz CT molecular complexity index is 943. The molecule has 15 atom stereocenters. The average molecular weight is 620 g/mol. The standard InChI is InChI=1S/C22H37NO19/c23-11-15(32)13(30)10(39-18(11)33)5-38-21(19(34)35)2-9(14(31)17(41-21)8(28)4-25)40-22(20(36)37)1-6(26)12(29)16(42-22)7(27)3-24/h6-18,24-33H,1-5,23H2,(H,34,35)(H,36,37)/t6-,7-,8-,9-,10-,11-,12-,13-,14-,15-,16-,17-,18+,21-,22-/m1/s1. The third-order valence-electron chi connectivity index (χ3n) is 7.42. The van der Waals surface area contributed by atoms with Crippen molar-refractivity contribution in [3.8, 4) is 0 Å². The summed E-state index contributed by atoms with van der Waals surface area (Å²) in [7, 11) is 0. The van der Waals surface area contributed by atoms with Gasteiger partial charge in [0, 0.05) is 12.8 Å². The zero-order valence-corrected chi connectivity index (χ0v) is 21.8. The molecule has 0 aromatic carbocycles. The summed E-state index contributed by atoms with van der Waals surface area (Å²) >= 11 is 0. The lowest BCUT2D eigenvalue weighted by Crippen LogP contribution is -2.68. The van der Waals surface area contributed by atoms with Gasteiger partial charge in [0.1, 0.15) is 54.9 Å². The summed E-state index contributed by atoms with van der Waals surface area (Å²) in [4.78, 5) is 24.8. The van der Waals surface area contributed by atoms with Crippen LogP contribution in [0.1, 0.15) is 12.8 Å². The summed E-state index contributed by atoms with van der Waals surface area (Å²) < 4.78 is 26.5. The van der Waals surface area contributed by atoms with E-state index in [1.807, 2.05) is 0 Å². The SMILES string of the molecule is N[C@@H]1[C@@H](O)[C@H](O)[C@@H](CO[C@]2(C(=O)O)C[C@@H](O[C@]3(C(=O)O)C[C@@H](O)[C@@H](O)[C@@H]([C@H](O)CO)O3)[C@@H](O)[C@@H]([C@H](O)CO)O2)O[C@@H]1O. The van der Waals surface area contributed by atoms with E-state index in [1.165, 1.54) is 0 Å². The van der Waals surface area contributed by atoms with Crippen LogP contribution in [0, 0.1) is 0 Å². The van der Waals surface area contributed by atoms with Crippen molar-refractivity contribution in [1.82, 2.24) is 0 Å². The number of aliphatic hydroxyl groups excluding tert-OH is 10. The fourth-order valence-corrected chi connectivity index (χ4v) is 4.94. The largest absolute Gasteiger partial charge is 0.477 e. The van der Waals surface area contributed by atoms with Gasteiger partial charge in [0.05, 0.1) is 38.1 Å². The van der Waals surface area contributed by atoms with Gasteiger partial charge in [-0.2, -0.15) is 0 Å². The van der Waals surface area contributed by atoms with E-state index in [4.69, 9.17) is 29.4 Å². The van der Waals surface area contributed by atoms with Crippen molar-refractivity contribution in [1.29, 1.82) is 0 Å². The first-order valence-electron chi connectivity index (χ1n) is 12.8.